The van der Waals surface area contributed by atoms with Crippen LogP contribution in [0.4, 0.5) is 4.79 Å². The molecule has 0 rings (SSSR count). The van der Waals surface area contributed by atoms with Gasteiger partial charge in [0.05, 0.1) is 13.5 Å². The minimum atomic E-state index is -1.30. The van der Waals surface area contributed by atoms with E-state index in [0.29, 0.717) is 13.1 Å². The van der Waals surface area contributed by atoms with Gasteiger partial charge in [0.1, 0.15) is 6.04 Å². The molecule has 8 nitrogen and oxygen atoms in total. The molecular weight excluding hydrogens is 266 g/mol. The molecule has 0 saturated heterocycles. The van der Waals surface area contributed by atoms with Crippen LogP contribution in [0, 0.1) is 0 Å². The monoisotopic (exact) mass is 289 g/mol. The van der Waals surface area contributed by atoms with Gasteiger partial charge < -0.3 is 25.4 Å². The molecule has 8 heteroatoms. The molecule has 0 saturated carbocycles. The van der Waals surface area contributed by atoms with E-state index < -0.39 is 30.4 Å². The molecule has 0 aromatic carbocycles. The lowest BCUT2D eigenvalue weighted by atomic mass is 10.2. The summed E-state index contributed by atoms with van der Waals surface area (Å²) in [5.74, 6) is -1.98. The van der Waals surface area contributed by atoms with Crippen LogP contribution < -0.4 is 10.6 Å². The van der Waals surface area contributed by atoms with Gasteiger partial charge >= 0.3 is 18.0 Å². The number of carbonyl (C=O) groups excluding carboxylic acids is 2. The first-order chi connectivity index (χ1) is 9.44. The van der Waals surface area contributed by atoms with Gasteiger partial charge in [0.25, 0.3) is 0 Å². The van der Waals surface area contributed by atoms with Gasteiger partial charge in [-0.2, -0.15) is 0 Å². The summed E-state index contributed by atoms with van der Waals surface area (Å²) in [6.45, 7) is 6.85. The molecule has 0 unspecified atom stereocenters. The van der Waals surface area contributed by atoms with Crippen molar-refractivity contribution in [1.29, 1.82) is 0 Å². The van der Waals surface area contributed by atoms with E-state index >= 15 is 0 Å². The number of amides is 2. The fourth-order valence-electron chi connectivity index (χ4n) is 1.53. The van der Waals surface area contributed by atoms with E-state index in [4.69, 9.17) is 5.11 Å². The topological polar surface area (TPSA) is 108 Å². The molecule has 0 aromatic rings. The molecule has 0 heterocycles. The molecule has 1 atom stereocenters. The maximum Gasteiger partial charge on any atom is 0.326 e. The van der Waals surface area contributed by atoms with E-state index in [2.05, 4.69) is 20.3 Å². The van der Waals surface area contributed by atoms with Gasteiger partial charge in [0.2, 0.25) is 0 Å². The highest BCUT2D eigenvalue weighted by molar-refractivity contribution is 5.86. The van der Waals surface area contributed by atoms with Gasteiger partial charge in [0.15, 0.2) is 0 Å². The smallest absolute Gasteiger partial charge is 0.326 e. The number of esters is 1. The number of ether oxygens (including phenoxy) is 1. The molecule has 0 aliphatic heterocycles. The number of carbonyl (C=O) groups is 3. The molecule has 0 aliphatic rings. The van der Waals surface area contributed by atoms with Crippen LogP contribution in [0.2, 0.25) is 0 Å². The lowest BCUT2D eigenvalue weighted by molar-refractivity contribution is -0.147. The fourth-order valence-corrected chi connectivity index (χ4v) is 1.53. The highest BCUT2D eigenvalue weighted by atomic mass is 16.5. The summed E-state index contributed by atoms with van der Waals surface area (Å²) in [7, 11) is 1.16. The molecule has 0 aromatic heterocycles. The third-order valence-electron chi connectivity index (χ3n) is 2.81. The zero-order valence-corrected chi connectivity index (χ0v) is 12.1. The first-order valence-corrected chi connectivity index (χ1v) is 6.50. The first-order valence-electron chi connectivity index (χ1n) is 6.50. The summed E-state index contributed by atoms with van der Waals surface area (Å²) in [6, 6.07) is -1.91. The minimum absolute atomic E-state index is 0.401. The lowest BCUT2D eigenvalue weighted by Crippen LogP contribution is -2.48. The predicted octanol–water partition coefficient (Wildman–Crippen LogP) is -0.356. The van der Waals surface area contributed by atoms with Crippen LogP contribution in [0.3, 0.4) is 0 Å². The maximum atomic E-state index is 11.5. The Hall–Kier alpha value is -1.83. The van der Waals surface area contributed by atoms with E-state index in [-0.39, 0.29) is 0 Å². The van der Waals surface area contributed by atoms with Gasteiger partial charge in [0, 0.05) is 13.1 Å². The number of likely N-dealkylation sites (N-methyl/N-ethyl adjacent to an activating group) is 1. The average molecular weight is 289 g/mol. The van der Waals surface area contributed by atoms with E-state index in [1.807, 2.05) is 13.8 Å². The number of carboxylic acid groups (broad SMARTS) is 1. The van der Waals surface area contributed by atoms with Gasteiger partial charge in [-0.1, -0.05) is 13.8 Å². The van der Waals surface area contributed by atoms with Crippen molar-refractivity contribution in [3.05, 3.63) is 0 Å². The number of rotatable bonds is 9. The molecule has 3 N–H and O–H groups in total. The number of hydrogen-bond acceptors (Lipinski definition) is 5. The highest BCUT2D eigenvalue weighted by Crippen LogP contribution is 1.95. The number of urea groups is 1. The largest absolute Gasteiger partial charge is 0.480 e. The molecule has 20 heavy (non-hydrogen) atoms. The Labute approximate surface area is 118 Å². The van der Waals surface area contributed by atoms with Crippen molar-refractivity contribution in [1.82, 2.24) is 15.5 Å². The average Bonchev–Trinajstić information content (AvgIpc) is 2.42. The number of aliphatic carboxylic acids is 1. The van der Waals surface area contributed by atoms with Crippen molar-refractivity contribution in [3.8, 4) is 0 Å². The quantitative estimate of drug-likeness (QED) is 0.500. The number of methoxy groups -OCH3 is 1. The van der Waals surface area contributed by atoms with Crippen molar-refractivity contribution in [2.24, 2.45) is 0 Å². The predicted molar refractivity (Wildman–Crippen MR) is 72.4 cm³/mol. The van der Waals surface area contributed by atoms with E-state index in [0.717, 1.165) is 20.2 Å². The third kappa shape index (κ3) is 7.57. The highest BCUT2D eigenvalue weighted by Gasteiger charge is 2.23. The van der Waals surface area contributed by atoms with E-state index in [9.17, 15) is 14.4 Å². The Morgan fingerprint density at radius 2 is 1.85 bits per heavy atom. The minimum Gasteiger partial charge on any atom is -0.480 e. The Kier molecular flexibility index (Phi) is 9.10. The van der Waals surface area contributed by atoms with Crippen LogP contribution in [0.25, 0.3) is 0 Å². The third-order valence-corrected chi connectivity index (χ3v) is 2.81. The molecule has 0 bridgehead atoms. The second-order valence-corrected chi connectivity index (χ2v) is 4.10. The zero-order chi connectivity index (χ0) is 15.5. The Morgan fingerprint density at radius 3 is 2.30 bits per heavy atom. The summed E-state index contributed by atoms with van der Waals surface area (Å²) in [5, 5.41) is 13.7. The molecule has 116 valence electrons. The molecular formula is C12H23N3O5. The Morgan fingerprint density at radius 1 is 1.25 bits per heavy atom. The summed E-state index contributed by atoms with van der Waals surface area (Å²) < 4.78 is 4.37. The van der Waals surface area contributed by atoms with Crippen molar-refractivity contribution in [2.75, 3.05) is 33.3 Å². The van der Waals surface area contributed by atoms with Gasteiger partial charge in [-0.15, -0.1) is 0 Å². The standard InChI is InChI=1S/C12H23N3O5/c1-4-15(5-2)7-6-13-12(19)14-9(11(17)18)8-10(16)20-3/h9H,4-8H2,1-3H3,(H,17,18)(H2,13,14,19)/t9-/m0/s1. The molecule has 0 spiro atoms. The lowest BCUT2D eigenvalue weighted by Gasteiger charge is -2.19. The normalized spacial score (nSPS) is 11.8. The van der Waals surface area contributed by atoms with Crippen molar-refractivity contribution >= 4 is 18.0 Å². The summed E-state index contributed by atoms with van der Waals surface area (Å²) >= 11 is 0. The Bertz CT molecular complexity index is 331. The zero-order valence-electron chi connectivity index (χ0n) is 12.1. The van der Waals surface area contributed by atoms with Crippen LogP contribution in [0.5, 0.6) is 0 Å². The van der Waals surface area contributed by atoms with E-state index in [1.54, 1.807) is 0 Å². The summed E-state index contributed by atoms with van der Waals surface area (Å²) in [5.41, 5.74) is 0. The summed E-state index contributed by atoms with van der Waals surface area (Å²) in [6.07, 6.45) is -0.407. The second kappa shape index (κ2) is 10.0. The van der Waals surface area contributed by atoms with Gasteiger partial charge in [-0.25, -0.2) is 9.59 Å². The van der Waals surface area contributed by atoms with Crippen LogP contribution >= 0.6 is 0 Å². The van der Waals surface area contributed by atoms with Gasteiger partial charge in [-0.3, -0.25) is 4.79 Å². The van der Waals surface area contributed by atoms with E-state index in [1.165, 1.54) is 0 Å². The van der Waals surface area contributed by atoms with Crippen LogP contribution in [-0.4, -0.2) is 67.3 Å². The second-order valence-electron chi connectivity index (χ2n) is 4.10. The van der Waals surface area contributed by atoms with Crippen LogP contribution in [0.15, 0.2) is 0 Å². The summed E-state index contributed by atoms with van der Waals surface area (Å²) in [4.78, 5) is 35.6. The van der Waals surface area contributed by atoms with Crippen LogP contribution in [0.1, 0.15) is 20.3 Å². The Balaban J connectivity index is 4.13. The molecule has 0 radical (unpaired) electrons. The SMILES string of the molecule is CCN(CC)CCNC(=O)N[C@@H](CC(=O)OC)C(=O)O. The number of nitrogens with zero attached hydrogens (tertiary/aromatic N) is 1. The first kappa shape index (κ1) is 18.2. The molecule has 2 amide bonds. The number of carboxylic acids is 1. The van der Waals surface area contributed by atoms with Crippen molar-refractivity contribution < 1.29 is 24.2 Å². The fraction of sp³-hybridized carbons (Fsp3) is 0.750. The van der Waals surface area contributed by atoms with Crippen LogP contribution in [-0.2, 0) is 14.3 Å². The van der Waals surface area contributed by atoms with Crippen molar-refractivity contribution in [3.63, 3.8) is 0 Å². The van der Waals surface area contributed by atoms with Crippen molar-refractivity contribution in [2.45, 2.75) is 26.3 Å². The molecule has 0 aliphatic carbocycles. The number of nitrogens with one attached hydrogen (secondary N) is 2. The maximum absolute atomic E-state index is 11.5. The number of hydrogen-bond donors (Lipinski definition) is 3. The van der Waals surface area contributed by atoms with Gasteiger partial charge in [-0.05, 0) is 13.1 Å². The molecule has 0 fully saturated rings.